The summed E-state index contributed by atoms with van der Waals surface area (Å²) >= 11 is 0. The number of hydroxylamine groups is 1. The van der Waals surface area contributed by atoms with Crippen LogP contribution in [0.25, 0.3) is 0 Å². The van der Waals surface area contributed by atoms with Crippen LogP contribution in [0, 0.1) is 0 Å². The second-order valence-electron chi connectivity index (χ2n) is 6.46. The van der Waals surface area contributed by atoms with Crippen molar-refractivity contribution < 1.29 is 33.5 Å². The highest BCUT2D eigenvalue weighted by Gasteiger charge is 2.57. The number of carbonyl (C=O) groups excluding carboxylic acids is 3. The van der Waals surface area contributed by atoms with Crippen LogP contribution < -0.4 is 10.2 Å². The Kier molecular flexibility index (Phi) is 5.31. The largest absolute Gasteiger partial charge is 0.442 e. The molecule has 140 valence electrons. The Balaban J connectivity index is 2.41. The van der Waals surface area contributed by atoms with Gasteiger partial charge in [-0.15, -0.1) is 0 Å². The van der Waals surface area contributed by atoms with Gasteiger partial charge >= 0.3 is 12.1 Å². The number of hydrogen-bond donors (Lipinski definition) is 1. The standard InChI is InChI=1S/C17H20N2O7/c1-10(18-23-5)17(26-19-15(22)25-16(2,3)4)13(20)11-8-6-7-9-12(11)24-14(17)21/h6-9H,1-5H3,(H,19,22)/b18-10+. The second kappa shape index (κ2) is 7.12. The molecule has 1 atom stereocenters. The molecule has 26 heavy (non-hydrogen) atoms. The average molecular weight is 364 g/mol. The minimum Gasteiger partial charge on any atom is -0.442 e. The van der Waals surface area contributed by atoms with Gasteiger partial charge in [-0.1, -0.05) is 17.3 Å². The summed E-state index contributed by atoms with van der Waals surface area (Å²) in [5.41, 5.74) is -1.23. The van der Waals surface area contributed by atoms with Gasteiger partial charge < -0.3 is 14.3 Å². The Labute approximate surface area is 150 Å². The summed E-state index contributed by atoms with van der Waals surface area (Å²) in [5, 5.41) is 3.62. The van der Waals surface area contributed by atoms with Gasteiger partial charge in [0.15, 0.2) is 0 Å². The number of nitrogens with one attached hydrogen (secondary N) is 1. The summed E-state index contributed by atoms with van der Waals surface area (Å²) < 4.78 is 10.2. The van der Waals surface area contributed by atoms with Crippen LogP contribution in [0.5, 0.6) is 5.75 Å². The number of benzene rings is 1. The first-order valence-electron chi connectivity index (χ1n) is 7.73. The van der Waals surface area contributed by atoms with E-state index in [0.29, 0.717) is 0 Å². The van der Waals surface area contributed by atoms with Crippen molar-refractivity contribution in [3.63, 3.8) is 0 Å². The normalized spacial score (nSPS) is 20.1. The quantitative estimate of drug-likeness (QED) is 0.286. The number of rotatable bonds is 4. The smallest absolute Gasteiger partial charge is 0.431 e. The molecule has 0 aromatic heterocycles. The molecule has 0 saturated heterocycles. The molecular weight excluding hydrogens is 344 g/mol. The van der Waals surface area contributed by atoms with Crippen LogP contribution in [-0.4, -0.2) is 41.9 Å². The number of hydrogen-bond acceptors (Lipinski definition) is 8. The molecule has 0 aliphatic carbocycles. The van der Waals surface area contributed by atoms with Gasteiger partial charge in [-0.05, 0) is 39.8 Å². The first kappa shape index (κ1) is 19.4. The fourth-order valence-electron chi connectivity index (χ4n) is 2.29. The molecule has 1 aromatic rings. The van der Waals surface area contributed by atoms with Crippen molar-refractivity contribution in [1.29, 1.82) is 0 Å². The maximum absolute atomic E-state index is 13.0. The van der Waals surface area contributed by atoms with Crippen LogP contribution in [0.15, 0.2) is 29.4 Å². The van der Waals surface area contributed by atoms with Crippen molar-refractivity contribution in [3.05, 3.63) is 29.8 Å². The highest BCUT2D eigenvalue weighted by atomic mass is 16.7. The molecule has 1 aliphatic heterocycles. The number of para-hydroxylation sites is 1. The molecule has 1 unspecified atom stereocenters. The summed E-state index contributed by atoms with van der Waals surface area (Å²) in [6.07, 6.45) is -0.985. The number of nitrogens with zero attached hydrogens (tertiary/aromatic N) is 1. The predicted molar refractivity (Wildman–Crippen MR) is 89.7 cm³/mol. The fourth-order valence-corrected chi connectivity index (χ4v) is 2.29. The molecule has 1 N–H and O–H groups in total. The number of amides is 1. The lowest BCUT2D eigenvalue weighted by Gasteiger charge is -2.32. The van der Waals surface area contributed by atoms with Crippen LogP contribution in [0.3, 0.4) is 0 Å². The van der Waals surface area contributed by atoms with Crippen molar-refractivity contribution in [1.82, 2.24) is 5.48 Å². The van der Waals surface area contributed by atoms with Gasteiger partial charge in [-0.3, -0.25) is 4.79 Å². The topological polar surface area (TPSA) is 113 Å². The van der Waals surface area contributed by atoms with E-state index in [1.807, 2.05) is 5.48 Å². The van der Waals surface area contributed by atoms with E-state index in [9.17, 15) is 14.4 Å². The number of carbonyl (C=O) groups is 3. The van der Waals surface area contributed by atoms with Gasteiger partial charge in [0, 0.05) is 0 Å². The number of ether oxygens (including phenoxy) is 2. The Hall–Kier alpha value is -2.94. The highest BCUT2D eigenvalue weighted by molar-refractivity contribution is 6.34. The Morgan fingerprint density at radius 3 is 2.50 bits per heavy atom. The predicted octanol–water partition coefficient (Wildman–Crippen LogP) is 2.01. The number of esters is 1. The van der Waals surface area contributed by atoms with Crippen molar-refractivity contribution in [2.75, 3.05) is 7.11 Å². The summed E-state index contributed by atoms with van der Waals surface area (Å²) in [6, 6.07) is 6.15. The van der Waals surface area contributed by atoms with Crippen molar-refractivity contribution in [2.45, 2.75) is 38.9 Å². The zero-order chi connectivity index (χ0) is 19.5. The van der Waals surface area contributed by atoms with Crippen LogP contribution in [-0.2, 0) is 19.2 Å². The third-order valence-corrected chi connectivity index (χ3v) is 3.37. The zero-order valence-electron chi connectivity index (χ0n) is 15.1. The van der Waals surface area contributed by atoms with Gasteiger partial charge in [0.25, 0.3) is 5.60 Å². The van der Waals surface area contributed by atoms with Gasteiger partial charge in [-0.25, -0.2) is 14.4 Å². The summed E-state index contributed by atoms with van der Waals surface area (Å²) in [6.45, 7) is 6.29. The Bertz CT molecular complexity index is 767. The molecule has 2 rings (SSSR count). The molecule has 1 aliphatic rings. The molecule has 0 spiro atoms. The lowest BCUT2D eigenvalue weighted by atomic mass is 9.86. The first-order chi connectivity index (χ1) is 12.1. The van der Waals surface area contributed by atoms with E-state index in [-0.39, 0.29) is 17.0 Å². The molecule has 0 fully saturated rings. The maximum atomic E-state index is 13.0. The van der Waals surface area contributed by atoms with E-state index >= 15 is 0 Å². The fraction of sp³-hybridized carbons (Fsp3) is 0.412. The lowest BCUT2D eigenvalue weighted by Crippen LogP contribution is -2.61. The van der Waals surface area contributed by atoms with E-state index in [1.165, 1.54) is 26.2 Å². The maximum Gasteiger partial charge on any atom is 0.431 e. The molecule has 1 aromatic carbocycles. The molecular formula is C17H20N2O7. The molecule has 0 bridgehead atoms. The summed E-state index contributed by atoms with van der Waals surface area (Å²) in [4.78, 5) is 47.4. The Morgan fingerprint density at radius 2 is 1.88 bits per heavy atom. The second-order valence-corrected chi connectivity index (χ2v) is 6.46. The SMILES string of the molecule is CO/N=C(\C)C1(ONC(=O)OC(C)(C)C)C(=O)Oc2ccccc2C1=O. The van der Waals surface area contributed by atoms with Crippen molar-refractivity contribution in [3.8, 4) is 5.75 Å². The lowest BCUT2D eigenvalue weighted by molar-refractivity contribution is -0.155. The molecule has 0 saturated carbocycles. The van der Waals surface area contributed by atoms with Gasteiger partial charge in [0.05, 0.1) is 5.56 Å². The molecule has 0 radical (unpaired) electrons. The van der Waals surface area contributed by atoms with Crippen molar-refractivity contribution >= 4 is 23.6 Å². The minimum atomic E-state index is -2.33. The van der Waals surface area contributed by atoms with Crippen molar-refractivity contribution in [2.24, 2.45) is 5.16 Å². The third-order valence-electron chi connectivity index (χ3n) is 3.37. The molecule has 9 heteroatoms. The number of ketones is 1. The first-order valence-corrected chi connectivity index (χ1v) is 7.73. The van der Waals surface area contributed by atoms with Crippen LogP contribution in [0.1, 0.15) is 38.1 Å². The highest BCUT2D eigenvalue weighted by Crippen LogP contribution is 2.33. The number of fused-ring (bicyclic) bond motifs is 1. The number of Topliss-reactive ketones (excluding diaryl/α,β-unsaturated/α-hetero) is 1. The minimum absolute atomic E-state index is 0.0872. The molecule has 1 heterocycles. The van der Waals surface area contributed by atoms with E-state index < -0.39 is 29.0 Å². The average Bonchev–Trinajstić information content (AvgIpc) is 2.53. The van der Waals surface area contributed by atoms with E-state index in [2.05, 4.69) is 9.99 Å². The monoisotopic (exact) mass is 364 g/mol. The van der Waals surface area contributed by atoms with Gasteiger partial charge in [-0.2, -0.15) is 5.48 Å². The Morgan fingerprint density at radius 1 is 1.23 bits per heavy atom. The molecule has 9 nitrogen and oxygen atoms in total. The van der Waals surface area contributed by atoms with E-state index in [1.54, 1.807) is 32.9 Å². The summed E-state index contributed by atoms with van der Waals surface area (Å²) in [7, 11) is 1.24. The van der Waals surface area contributed by atoms with Crippen LogP contribution >= 0.6 is 0 Å². The third kappa shape index (κ3) is 3.67. The van der Waals surface area contributed by atoms with Gasteiger partial charge in [0.1, 0.15) is 24.2 Å². The van der Waals surface area contributed by atoms with Crippen LogP contribution in [0.2, 0.25) is 0 Å². The van der Waals surface area contributed by atoms with E-state index in [0.717, 1.165) is 0 Å². The van der Waals surface area contributed by atoms with E-state index in [4.69, 9.17) is 14.3 Å². The van der Waals surface area contributed by atoms with Crippen LogP contribution in [0.4, 0.5) is 4.79 Å². The summed E-state index contributed by atoms with van der Waals surface area (Å²) in [5.74, 6) is -1.72. The number of oxime groups is 1. The molecule has 1 amide bonds. The van der Waals surface area contributed by atoms with Gasteiger partial charge in [0.2, 0.25) is 5.78 Å². The zero-order valence-corrected chi connectivity index (χ0v) is 15.1.